The summed E-state index contributed by atoms with van der Waals surface area (Å²) in [6, 6.07) is 4.05. The molecule has 84 valence electrons. The topological polar surface area (TPSA) is 34.1 Å². The van der Waals surface area contributed by atoms with Crippen molar-refractivity contribution in [3.63, 3.8) is 0 Å². The van der Waals surface area contributed by atoms with Crippen molar-refractivity contribution in [3.05, 3.63) is 29.6 Å². The maximum absolute atomic E-state index is 5.07. The first-order valence-electron chi connectivity index (χ1n) is 5.34. The molecule has 0 fully saturated rings. The van der Waals surface area contributed by atoms with Gasteiger partial charge in [0.25, 0.3) is 0 Å². The van der Waals surface area contributed by atoms with Crippen molar-refractivity contribution in [2.24, 2.45) is 5.92 Å². The minimum Gasteiger partial charge on any atom is -0.384 e. The smallest absolute Gasteiger partial charge is 0.0570 e. The van der Waals surface area contributed by atoms with E-state index in [-0.39, 0.29) is 0 Å². The second kappa shape index (κ2) is 6.53. The lowest BCUT2D eigenvalue weighted by Crippen LogP contribution is -2.24. The van der Waals surface area contributed by atoms with Gasteiger partial charge in [0.1, 0.15) is 0 Å². The summed E-state index contributed by atoms with van der Waals surface area (Å²) in [5.74, 6) is 0.541. The van der Waals surface area contributed by atoms with Gasteiger partial charge in [0.15, 0.2) is 0 Å². The zero-order valence-corrected chi connectivity index (χ0v) is 9.79. The van der Waals surface area contributed by atoms with E-state index in [4.69, 9.17) is 4.74 Å². The monoisotopic (exact) mass is 208 g/mol. The van der Waals surface area contributed by atoms with Gasteiger partial charge in [-0.3, -0.25) is 4.98 Å². The molecule has 15 heavy (non-hydrogen) atoms. The molecule has 1 unspecified atom stereocenters. The second-order valence-electron chi connectivity index (χ2n) is 3.96. The number of rotatable bonds is 6. The molecule has 1 aromatic heterocycles. The number of hydrogen-bond donors (Lipinski definition) is 1. The first kappa shape index (κ1) is 12.1. The Bertz CT molecular complexity index is 289. The van der Waals surface area contributed by atoms with Crippen molar-refractivity contribution in [3.8, 4) is 0 Å². The Balaban J connectivity index is 2.29. The van der Waals surface area contributed by atoms with E-state index in [0.29, 0.717) is 5.92 Å². The van der Waals surface area contributed by atoms with Gasteiger partial charge in [-0.25, -0.2) is 0 Å². The van der Waals surface area contributed by atoms with E-state index in [1.807, 2.05) is 12.3 Å². The largest absolute Gasteiger partial charge is 0.384 e. The summed E-state index contributed by atoms with van der Waals surface area (Å²) >= 11 is 0. The lowest BCUT2D eigenvalue weighted by molar-refractivity contribution is 0.158. The number of pyridine rings is 1. The number of nitrogens with zero attached hydrogens (tertiary/aromatic N) is 1. The summed E-state index contributed by atoms with van der Waals surface area (Å²) in [4.78, 5) is 4.33. The predicted octanol–water partition coefficient (Wildman–Crippen LogP) is 1.76. The Morgan fingerprint density at radius 3 is 3.00 bits per heavy atom. The van der Waals surface area contributed by atoms with Crippen LogP contribution >= 0.6 is 0 Å². The summed E-state index contributed by atoms with van der Waals surface area (Å²) < 4.78 is 5.07. The lowest BCUT2D eigenvalue weighted by atomic mass is 10.2. The highest BCUT2D eigenvalue weighted by molar-refractivity contribution is 5.17. The maximum atomic E-state index is 5.07. The summed E-state index contributed by atoms with van der Waals surface area (Å²) in [5.41, 5.74) is 2.37. The highest BCUT2D eigenvalue weighted by atomic mass is 16.5. The highest BCUT2D eigenvalue weighted by Gasteiger charge is 2.02. The predicted molar refractivity (Wildman–Crippen MR) is 61.7 cm³/mol. The molecule has 0 aromatic carbocycles. The van der Waals surface area contributed by atoms with Crippen molar-refractivity contribution in [2.75, 3.05) is 20.3 Å². The lowest BCUT2D eigenvalue weighted by Gasteiger charge is -2.11. The summed E-state index contributed by atoms with van der Waals surface area (Å²) in [5, 5.41) is 3.38. The third-order valence-electron chi connectivity index (χ3n) is 2.35. The molecule has 0 spiro atoms. The molecule has 0 saturated carbocycles. The van der Waals surface area contributed by atoms with Gasteiger partial charge >= 0.3 is 0 Å². The Labute approximate surface area is 91.9 Å². The normalized spacial score (nSPS) is 12.7. The van der Waals surface area contributed by atoms with E-state index in [0.717, 1.165) is 25.4 Å². The molecule has 0 amide bonds. The number of aryl methyl sites for hydroxylation is 1. The van der Waals surface area contributed by atoms with Gasteiger partial charge in [-0.1, -0.05) is 13.0 Å². The van der Waals surface area contributed by atoms with Gasteiger partial charge < -0.3 is 10.1 Å². The molecule has 3 heteroatoms. The molecule has 0 aliphatic heterocycles. The average molecular weight is 208 g/mol. The van der Waals surface area contributed by atoms with Crippen LogP contribution in [-0.2, 0) is 11.3 Å². The maximum Gasteiger partial charge on any atom is 0.0570 e. The van der Waals surface area contributed by atoms with Gasteiger partial charge in [0, 0.05) is 33.0 Å². The SMILES string of the molecule is COCC(C)CNCc1ncccc1C. The number of ether oxygens (including phenoxy) is 1. The van der Waals surface area contributed by atoms with Crippen molar-refractivity contribution in [1.29, 1.82) is 0 Å². The minimum absolute atomic E-state index is 0.541. The molecular weight excluding hydrogens is 188 g/mol. The second-order valence-corrected chi connectivity index (χ2v) is 3.96. The van der Waals surface area contributed by atoms with Gasteiger partial charge in [-0.15, -0.1) is 0 Å². The van der Waals surface area contributed by atoms with Crippen LogP contribution in [0.5, 0.6) is 0 Å². The van der Waals surface area contributed by atoms with E-state index in [1.165, 1.54) is 5.56 Å². The molecule has 1 rings (SSSR count). The molecular formula is C12H20N2O. The minimum atomic E-state index is 0.541. The van der Waals surface area contributed by atoms with Gasteiger partial charge in [-0.2, -0.15) is 0 Å². The fourth-order valence-electron chi connectivity index (χ4n) is 1.48. The molecule has 1 N–H and O–H groups in total. The summed E-state index contributed by atoms with van der Waals surface area (Å²) in [7, 11) is 1.74. The first-order valence-corrected chi connectivity index (χ1v) is 5.34. The Kier molecular flexibility index (Phi) is 5.29. The highest BCUT2D eigenvalue weighted by Crippen LogP contribution is 2.02. The Morgan fingerprint density at radius 2 is 2.33 bits per heavy atom. The zero-order chi connectivity index (χ0) is 11.1. The van der Waals surface area contributed by atoms with Gasteiger partial charge in [-0.05, 0) is 24.5 Å². The van der Waals surface area contributed by atoms with Crippen LogP contribution in [0.15, 0.2) is 18.3 Å². The molecule has 1 atom stereocenters. The quantitative estimate of drug-likeness (QED) is 0.773. The van der Waals surface area contributed by atoms with E-state index in [1.54, 1.807) is 7.11 Å². The van der Waals surface area contributed by atoms with Crippen LogP contribution in [0.25, 0.3) is 0 Å². The van der Waals surface area contributed by atoms with Gasteiger partial charge in [0.05, 0.1) is 5.69 Å². The van der Waals surface area contributed by atoms with Crippen LogP contribution in [0, 0.1) is 12.8 Å². The van der Waals surface area contributed by atoms with Crippen LogP contribution in [0.4, 0.5) is 0 Å². The number of methoxy groups -OCH3 is 1. The average Bonchev–Trinajstić information content (AvgIpc) is 2.21. The van der Waals surface area contributed by atoms with Crippen molar-refractivity contribution >= 4 is 0 Å². The Morgan fingerprint density at radius 1 is 1.53 bits per heavy atom. The Hall–Kier alpha value is -0.930. The standard InChI is InChI=1S/C12H20N2O/c1-10(9-15-3)7-13-8-12-11(2)5-4-6-14-12/h4-6,10,13H,7-9H2,1-3H3. The molecule has 0 radical (unpaired) electrons. The van der Waals surface area contributed by atoms with Crippen LogP contribution in [0.3, 0.4) is 0 Å². The van der Waals surface area contributed by atoms with Gasteiger partial charge in [0.2, 0.25) is 0 Å². The number of hydrogen-bond acceptors (Lipinski definition) is 3. The molecule has 0 saturated heterocycles. The fraction of sp³-hybridized carbons (Fsp3) is 0.583. The van der Waals surface area contributed by atoms with Crippen LogP contribution in [0.1, 0.15) is 18.2 Å². The van der Waals surface area contributed by atoms with Crippen LogP contribution in [-0.4, -0.2) is 25.2 Å². The molecule has 1 aromatic rings. The van der Waals surface area contributed by atoms with E-state index >= 15 is 0 Å². The third-order valence-corrected chi connectivity index (χ3v) is 2.35. The fourth-order valence-corrected chi connectivity index (χ4v) is 1.48. The van der Waals surface area contributed by atoms with Crippen LogP contribution < -0.4 is 5.32 Å². The molecule has 0 aliphatic carbocycles. The third kappa shape index (κ3) is 4.40. The molecule has 1 heterocycles. The number of aromatic nitrogens is 1. The van der Waals surface area contributed by atoms with E-state index < -0.39 is 0 Å². The molecule has 3 nitrogen and oxygen atoms in total. The van der Waals surface area contributed by atoms with Crippen molar-refractivity contribution < 1.29 is 4.74 Å². The van der Waals surface area contributed by atoms with Crippen molar-refractivity contribution in [1.82, 2.24) is 10.3 Å². The number of nitrogens with one attached hydrogen (secondary N) is 1. The van der Waals surface area contributed by atoms with E-state index in [9.17, 15) is 0 Å². The van der Waals surface area contributed by atoms with Crippen molar-refractivity contribution in [2.45, 2.75) is 20.4 Å². The first-order chi connectivity index (χ1) is 7.24. The van der Waals surface area contributed by atoms with E-state index in [2.05, 4.69) is 30.2 Å². The van der Waals surface area contributed by atoms with Crippen LogP contribution in [0.2, 0.25) is 0 Å². The molecule has 0 aliphatic rings. The summed E-state index contributed by atoms with van der Waals surface area (Å²) in [6.07, 6.45) is 1.84. The molecule has 0 bridgehead atoms. The zero-order valence-electron chi connectivity index (χ0n) is 9.79. The summed E-state index contributed by atoms with van der Waals surface area (Å²) in [6.45, 7) is 6.85.